The molecule has 4 rings (SSSR count). The molecule has 1 heterocycles. The number of hydrogen-bond donors (Lipinski definition) is 1. The third-order valence-electron chi connectivity index (χ3n) is 7.46. The number of nitrogens with zero attached hydrogens (tertiary/aromatic N) is 1. The minimum Gasteiger partial charge on any atom is -0.339 e. The van der Waals surface area contributed by atoms with Crippen LogP contribution in [0.4, 0.5) is 0 Å². The average molecular weight is 355 g/mol. The van der Waals surface area contributed by atoms with Crippen LogP contribution < -0.4 is 5.73 Å². The van der Waals surface area contributed by atoms with Gasteiger partial charge in [0.25, 0.3) is 0 Å². The summed E-state index contributed by atoms with van der Waals surface area (Å²) >= 11 is 0. The summed E-state index contributed by atoms with van der Waals surface area (Å²) in [5.74, 6) is 1.94. The first-order valence-corrected chi connectivity index (χ1v) is 9.82. The van der Waals surface area contributed by atoms with E-state index in [1.165, 1.54) is 38.5 Å². The summed E-state index contributed by atoms with van der Waals surface area (Å²) in [7, 11) is 0. The SMILES string of the molecule is CC1(C)CC2CC(C)(CN2C(=O)C2CC3CCCC(C2)C3N)C1.Cl. The van der Waals surface area contributed by atoms with Crippen LogP contribution in [0, 0.1) is 28.6 Å². The lowest BCUT2D eigenvalue weighted by atomic mass is 9.64. The Hall–Kier alpha value is -0.280. The van der Waals surface area contributed by atoms with E-state index in [4.69, 9.17) is 5.73 Å². The van der Waals surface area contributed by atoms with E-state index in [0.717, 1.165) is 19.4 Å². The maximum absolute atomic E-state index is 13.3. The molecule has 0 aromatic heterocycles. The van der Waals surface area contributed by atoms with Crippen molar-refractivity contribution in [2.24, 2.45) is 34.3 Å². The predicted octanol–water partition coefficient (Wildman–Crippen LogP) is 3.99. The Morgan fingerprint density at radius 3 is 2.33 bits per heavy atom. The van der Waals surface area contributed by atoms with Crippen LogP contribution in [0.15, 0.2) is 0 Å². The van der Waals surface area contributed by atoms with E-state index >= 15 is 0 Å². The van der Waals surface area contributed by atoms with Crippen LogP contribution in [0.5, 0.6) is 0 Å². The molecule has 4 heteroatoms. The largest absolute Gasteiger partial charge is 0.339 e. The Labute approximate surface area is 153 Å². The number of carbonyl (C=O) groups is 1. The van der Waals surface area contributed by atoms with Crippen molar-refractivity contribution >= 4 is 18.3 Å². The smallest absolute Gasteiger partial charge is 0.225 e. The third-order valence-corrected chi connectivity index (χ3v) is 7.46. The van der Waals surface area contributed by atoms with Crippen LogP contribution in [0.2, 0.25) is 0 Å². The van der Waals surface area contributed by atoms with E-state index in [2.05, 4.69) is 25.7 Å². The third kappa shape index (κ3) is 3.11. The lowest BCUT2D eigenvalue weighted by Crippen LogP contribution is -2.50. The number of hydrogen-bond acceptors (Lipinski definition) is 2. The lowest BCUT2D eigenvalue weighted by molar-refractivity contribution is -0.139. The van der Waals surface area contributed by atoms with Gasteiger partial charge in [-0.3, -0.25) is 4.79 Å². The first kappa shape index (κ1) is 18.5. The zero-order chi connectivity index (χ0) is 16.4. The molecule has 1 amide bonds. The number of carbonyl (C=O) groups excluding carboxylic acids is 1. The second-order valence-corrected chi connectivity index (χ2v) is 10.4. The van der Waals surface area contributed by atoms with E-state index in [1.807, 2.05) is 0 Å². The number of fused-ring (bicyclic) bond motifs is 4. The fourth-order valence-corrected chi connectivity index (χ4v) is 6.94. The van der Waals surface area contributed by atoms with Gasteiger partial charge in [-0.1, -0.05) is 27.2 Å². The van der Waals surface area contributed by atoms with Crippen molar-refractivity contribution in [3.63, 3.8) is 0 Å². The van der Waals surface area contributed by atoms with Crippen LogP contribution in [0.25, 0.3) is 0 Å². The van der Waals surface area contributed by atoms with Crippen LogP contribution >= 0.6 is 12.4 Å². The molecular formula is C20H35ClN2O. The van der Waals surface area contributed by atoms with Gasteiger partial charge in [-0.05, 0) is 67.6 Å². The second-order valence-electron chi connectivity index (χ2n) is 10.4. The number of rotatable bonds is 1. The fraction of sp³-hybridized carbons (Fsp3) is 0.950. The van der Waals surface area contributed by atoms with Gasteiger partial charge in [0.2, 0.25) is 5.91 Å². The summed E-state index contributed by atoms with van der Waals surface area (Å²) in [6.07, 6.45) is 9.60. The van der Waals surface area contributed by atoms with Crippen molar-refractivity contribution in [2.45, 2.75) is 84.2 Å². The zero-order valence-corrected chi connectivity index (χ0v) is 16.4. The maximum Gasteiger partial charge on any atom is 0.225 e. The summed E-state index contributed by atoms with van der Waals surface area (Å²) in [5, 5.41) is 0. The van der Waals surface area contributed by atoms with Gasteiger partial charge in [0.15, 0.2) is 0 Å². The minimum absolute atomic E-state index is 0. The lowest BCUT2D eigenvalue weighted by Gasteiger charge is -2.45. The van der Waals surface area contributed by atoms with Crippen molar-refractivity contribution in [1.29, 1.82) is 0 Å². The molecule has 2 N–H and O–H groups in total. The average Bonchev–Trinajstić information content (AvgIpc) is 2.67. The molecule has 24 heavy (non-hydrogen) atoms. The van der Waals surface area contributed by atoms with Crippen LogP contribution in [0.3, 0.4) is 0 Å². The predicted molar refractivity (Wildman–Crippen MR) is 100 cm³/mol. The van der Waals surface area contributed by atoms with Crippen LogP contribution in [-0.4, -0.2) is 29.4 Å². The molecule has 138 valence electrons. The molecule has 0 radical (unpaired) electrons. The molecule has 4 fully saturated rings. The normalized spacial score (nSPS) is 46.3. The highest BCUT2D eigenvalue weighted by molar-refractivity contribution is 5.85. The Morgan fingerprint density at radius 2 is 1.71 bits per heavy atom. The van der Waals surface area contributed by atoms with E-state index in [9.17, 15) is 4.79 Å². The van der Waals surface area contributed by atoms with Gasteiger partial charge >= 0.3 is 0 Å². The zero-order valence-electron chi connectivity index (χ0n) is 15.6. The topological polar surface area (TPSA) is 46.3 Å². The molecular weight excluding hydrogens is 320 g/mol. The van der Waals surface area contributed by atoms with Gasteiger partial charge in [-0.25, -0.2) is 0 Å². The molecule has 4 unspecified atom stereocenters. The van der Waals surface area contributed by atoms with Gasteiger partial charge in [0.1, 0.15) is 0 Å². The molecule has 0 aromatic carbocycles. The molecule has 0 spiro atoms. The number of amides is 1. The first-order chi connectivity index (χ1) is 10.8. The minimum atomic E-state index is 0. The highest BCUT2D eigenvalue weighted by atomic mass is 35.5. The van der Waals surface area contributed by atoms with Crippen LogP contribution in [0.1, 0.15) is 72.1 Å². The Morgan fingerprint density at radius 1 is 1.08 bits per heavy atom. The highest BCUT2D eigenvalue weighted by Crippen LogP contribution is 2.53. The van der Waals surface area contributed by atoms with Crippen LogP contribution in [-0.2, 0) is 4.79 Å². The second kappa shape index (κ2) is 6.16. The van der Waals surface area contributed by atoms with Crippen molar-refractivity contribution < 1.29 is 4.79 Å². The molecule has 1 saturated heterocycles. The van der Waals surface area contributed by atoms with E-state index in [1.54, 1.807) is 0 Å². The molecule has 0 aromatic rings. The number of halogens is 1. The van der Waals surface area contributed by atoms with Gasteiger partial charge in [0.05, 0.1) is 0 Å². The molecule has 3 nitrogen and oxygen atoms in total. The Kier molecular flexibility index (Phi) is 4.75. The van der Waals surface area contributed by atoms with Gasteiger partial charge in [0, 0.05) is 24.5 Å². The summed E-state index contributed by atoms with van der Waals surface area (Å²) in [4.78, 5) is 15.6. The standard InChI is InChI=1S/C20H34N2O.ClH/c1-19(2)9-16-10-20(3,11-19)12-22(16)18(23)15-7-13-5-4-6-14(8-15)17(13)21;/h13-17H,4-12,21H2,1-3H3;1H. The van der Waals surface area contributed by atoms with Gasteiger partial charge in [-0.15, -0.1) is 12.4 Å². The highest BCUT2D eigenvalue weighted by Gasteiger charge is 2.52. The van der Waals surface area contributed by atoms with Gasteiger partial charge < -0.3 is 10.6 Å². The van der Waals surface area contributed by atoms with Crippen molar-refractivity contribution in [3.8, 4) is 0 Å². The quantitative estimate of drug-likeness (QED) is 0.773. The summed E-state index contributed by atoms with van der Waals surface area (Å²) in [5.41, 5.74) is 7.15. The first-order valence-electron chi connectivity index (χ1n) is 9.82. The number of nitrogens with two attached hydrogens (primary N) is 1. The molecule has 3 saturated carbocycles. The molecule has 3 aliphatic carbocycles. The van der Waals surface area contributed by atoms with Gasteiger partial charge in [-0.2, -0.15) is 0 Å². The summed E-state index contributed by atoms with van der Waals surface area (Å²) < 4.78 is 0. The number of likely N-dealkylation sites (tertiary alicyclic amines) is 1. The van der Waals surface area contributed by atoms with E-state index in [0.29, 0.717) is 40.7 Å². The van der Waals surface area contributed by atoms with Crippen molar-refractivity contribution in [2.75, 3.05) is 6.54 Å². The van der Waals surface area contributed by atoms with E-state index < -0.39 is 0 Å². The van der Waals surface area contributed by atoms with E-state index in [-0.39, 0.29) is 18.3 Å². The fourth-order valence-electron chi connectivity index (χ4n) is 6.94. The van der Waals surface area contributed by atoms with Crippen molar-refractivity contribution in [1.82, 2.24) is 4.90 Å². The Bertz CT molecular complexity index is 494. The summed E-state index contributed by atoms with van der Waals surface area (Å²) in [6.45, 7) is 8.17. The summed E-state index contributed by atoms with van der Waals surface area (Å²) in [6, 6.07) is 0.855. The molecule has 1 aliphatic heterocycles. The Balaban J connectivity index is 0.00000169. The molecule has 4 atom stereocenters. The maximum atomic E-state index is 13.3. The van der Waals surface area contributed by atoms with Crippen molar-refractivity contribution in [3.05, 3.63) is 0 Å². The monoisotopic (exact) mass is 354 g/mol. The molecule has 4 aliphatic rings. The molecule has 4 bridgehead atoms.